The van der Waals surface area contributed by atoms with Crippen LogP contribution in [0.1, 0.15) is 51.3 Å². The molecule has 1 aromatic heterocycles. The molecule has 0 aromatic carbocycles. The van der Waals surface area contributed by atoms with E-state index in [1.807, 2.05) is 0 Å². The van der Waals surface area contributed by atoms with Crippen LogP contribution in [-0.2, 0) is 19.5 Å². The van der Waals surface area contributed by atoms with Crippen molar-refractivity contribution >= 4 is 6.03 Å². The summed E-state index contributed by atoms with van der Waals surface area (Å²) in [7, 11) is 0. The zero-order valence-corrected chi connectivity index (χ0v) is 16.6. The summed E-state index contributed by atoms with van der Waals surface area (Å²) in [5, 5.41) is 10.2. The molecule has 8 nitrogen and oxygen atoms in total. The molecule has 2 N–H and O–H groups in total. The van der Waals surface area contributed by atoms with Crippen molar-refractivity contribution in [3.8, 4) is 0 Å². The lowest BCUT2D eigenvalue weighted by atomic mass is 9.99. The van der Waals surface area contributed by atoms with Gasteiger partial charge in [0.05, 0.1) is 0 Å². The standard InChI is InChI=1S/C19H34N6O2/c1-16-7-14-23(15-8-16)11-4-9-20-18(26)21-10-5-13-25-19(27)24-12-3-2-6-17(24)22-25/h16H,2-15H2,1H3,(H2,20,21,26). The van der Waals surface area contributed by atoms with Crippen LogP contribution >= 0.6 is 0 Å². The maximum absolute atomic E-state index is 12.2. The van der Waals surface area contributed by atoms with E-state index in [1.54, 1.807) is 9.25 Å². The molecule has 0 atom stereocenters. The number of nitrogens with zero attached hydrogens (tertiary/aromatic N) is 4. The molecule has 0 bridgehead atoms. The molecular formula is C19H34N6O2. The molecule has 0 saturated carbocycles. The Hall–Kier alpha value is -1.83. The zero-order chi connectivity index (χ0) is 19.1. The Labute approximate surface area is 161 Å². The average Bonchev–Trinajstić information content (AvgIpc) is 3.00. The number of fused-ring (bicyclic) bond motifs is 1. The molecule has 1 fully saturated rings. The van der Waals surface area contributed by atoms with E-state index in [4.69, 9.17) is 0 Å². The molecule has 8 heteroatoms. The largest absolute Gasteiger partial charge is 0.345 e. The highest BCUT2D eigenvalue weighted by Crippen LogP contribution is 2.15. The first-order valence-corrected chi connectivity index (χ1v) is 10.5. The van der Waals surface area contributed by atoms with E-state index >= 15 is 0 Å². The number of nitrogens with one attached hydrogen (secondary N) is 2. The van der Waals surface area contributed by atoms with Gasteiger partial charge in [0.15, 0.2) is 0 Å². The van der Waals surface area contributed by atoms with Gasteiger partial charge < -0.3 is 15.5 Å². The number of urea groups is 1. The highest BCUT2D eigenvalue weighted by atomic mass is 16.2. The van der Waals surface area contributed by atoms with Gasteiger partial charge in [-0.1, -0.05) is 6.92 Å². The number of carbonyl (C=O) groups is 1. The van der Waals surface area contributed by atoms with Crippen molar-refractivity contribution in [1.82, 2.24) is 29.9 Å². The van der Waals surface area contributed by atoms with E-state index in [9.17, 15) is 9.59 Å². The van der Waals surface area contributed by atoms with E-state index in [2.05, 4.69) is 27.6 Å². The Balaban J connectivity index is 1.25. The fourth-order valence-corrected chi connectivity index (χ4v) is 3.88. The summed E-state index contributed by atoms with van der Waals surface area (Å²) in [6, 6.07) is -0.126. The van der Waals surface area contributed by atoms with E-state index in [0.29, 0.717) is 26.1 Å². The van der Waals surface area contributed by atoms with Crippen molar-refractivity contribution in [3.63, 3.8) is 0 Å². The number of aromatic nitrogens is 3. The molecule has 3 heterocycles. The summed E-state index contributed by atoms with van der Waals surface area (Å²) in [5.41, 5.74) is -0.0127. The summed E-state index contributed by atoms with van der Waals surface area (Å²) in [4.78, 5) is 26.6. The Morgan fingerprint density at radius 1 is 1.07 bits per heavy atom. The van der Waals surface area contributed by atoms with Gasteiger partial charge in [0.25, 0.3) is 0 Å². The summed E-state index contributed by atoms with van der Waals surface area (Å²) in [6.07, 6.45) is 7.31. The Morgan fingerprint density at radius 3 is 2.48 bits per heavy atom. The number of amides is 2. The second-order valence-electron chi connectivity index (χ2n) is 7.94. The number of carbonyl (C=O) groups excluding carboxylic acids is 1. The third kappa shape index (κ3) is 5.82. The summed E-state index contributed by atoms with van der Waals surface area (Å²) < 4.78 is 3.33. The van der Waals surface area contributed by atoms with Crippen LogP contribution in [0.2, 0.25) is 0 Å². The van der Waals surface area contributed by atoms with Crippen LogP contribution in [0.4, 0.5) is 4.79 Å². The van der Waals surface area contributed by atoms with Gasteiger partial charge in [-0.15, -0.1) is 0 Å². The minimum Gasteiger partial charge on any atom is -0.338 e. The van der Waals surface area contributed by atoms with Crippen molar-refractivity contribution in [2.24, 2.45) is 5.92 Å². The van der Waals surface area contributed by atoms with Gasteiger partial charge in [-0.2, -0.15) is 5.10 Å². The molecule has 1 saturated heterocycles. The van der Waals surface area contributed by atoms with Crippen LogP contribution in [-0.4, -0.2) is 58.0 Å². The number of hydrogen-bond acceptors (Lipinski definition) is 4. The molecule has 2 aliphatic rings. The first-order chi connectivity index (χ1) is 13.1. The van der Waals surface area contributed by atoms with Gasteiger partial charge >= 0.3 is 11.7 Å². The number of piperidine rings is 1. The Bertz CT molecular complexity index is 660. The van der Waals surface area contributed by atoms with Crippen LogP contribution < -0.4 is 16.3 Å². The predicted octanol–water partition coefficient (Wildman–Crippen LogP) is 1.19. The van der Waals surface area contributed by atoms with E-state index in [1.165, 1.54) is 25.9 Å². The molecule has 0 radical (unpaired) electrons. The molecule has 152 valence electrons. The first-order valence-electron chi connectivity index (χ1n) is 10.5. The third-order valence-corrected chi connectivity index (χ3v) is 5.68. The summed E-state index contributed by atoms with van der Waals surface area (Å²) in [6.45, 7) is 8.32. The molecule has 0 spiro atoms. The van der Waals surface area contributed by atoms with Gasteiger partial charge in [0.1, 0.15) is 5.82 Å². The Morgan fingerprint density at radius 2 is 1.78 bits per heavy atom. The highest BCUT2D eigenvalue weighted by Gasteiger charge is 2.16. The van der Waals surface area contributed by atoms with Gasteiger partial charge in [0, 0.05) is 32.6 Å². The van der Waals surface area contributed by atoms with E-state index < -0.39 is 0 Å². The van der Waals surface area contributed by atoms with Crippen molar-refractivity contribution < 1.29 is 4.79 Å². The second-order valence-corrected chi connectivity index (χ2v) is 7.94. The molecular weight excluding hydrogens is 344 g/mol. The number of likely N-dealkylation sites (tertiary alicyclic amines) is 1. The fraction of sp³-hybridized carbons (Fsp3) is 0.842. The van der Waals surface area contributed by atoms with Crippen molar-refractivity contribution in [1.29, 1.82) is 0 Å². The van der Waals surface area contributed by atoms with E-state index in [-0.39, 0.29) is 11.7 Å². The van der Waals surface area contributed by atoms with E-state index in [0.717, 1.165) is 50.5 Å². The van der Waals surface area contributed by atoms with Crippen LogP contribution in [0.5, 0.6) is 0 Å². The van der Waals surface area contributed by atoms with Gasteiger partial charge in [0.2, 0.25) is 0 Å². The first kappa shape index (κ1) is 19.9. The summed E-state index contributed by atoms with van der Waals surface area (Å²) >= 11 is 0. The Kier molecular flexibility index (Phi) is 7.32. The zero-order valence-electron chi connectivity index (χ0n) is 16.6. The summed E-state index contributed by atoms with van der Waals surface area (Å²) in [5.74, 6) is 1.76. The van der Waals surface area contributed by atoms with Crippen molar-refractivity contribution in [2.75, 3.05) is 32.7 Å². The van der Waals surface area contributed by atoms with Gasteiger partial charge in [-0.25, -0.2) is 14.3 Å². The van der Waals surface area contributed by atoms with Crippen LogP contribution in [0, 0.1) is 5.92 Å². The highest BCUT2D eigenvalue weighted by molar-refractivity contribution is 5.73. The third-order valence-electron chi connectivity index (χ3n) is 5.68. The molecule has 0 unspecified atom stereocenters. The minimum absolute atomic E-state index is 0.0127. The molecule has 0 aliphatic carbocycles. The monoisotopic (exact) mass is 378 g/mol. The number of hydrogen-bond donors (Lipinski definition) is 2. The average molecular weight is 379 g/mol. The fourth-order valence-electron chi connectivity index (χ4n) is 3.88. The molecule has 3 rings (SSSR count). The SMILES string of the molecule is CC1CCN(CCCNC(=O)NCCCn2nc3n(c2=O)CCCC3)CC1. The lowest BCUT2D eigenvalue weighted by Gasteiger charge is -2.30. The number of rotatable bonds is 8. The van der Waals surface area contributed by atoms with Gasteiger partial charge in [-0.05, 0) is 64.1 Å². The lowest BCUT2D eigenvalue weighted by Crippen LogP contribution is -2.39. The topological polar surface area (TPSA) is 84.2 Å². The van der Waals surface area contributed by atoms with Crippen LogP contribution in [0.15, 0.2) is 4.79 Å². The quantitative estimate of drug-likeness (QED) is 0.666. The lowest BCUT2D eigenvalue weighted by molar-refractivity contribution is 0.190. The normalized spacial score (nSPS) is 18.3. The maximum atomic E-state index is 12.2. The molecule has 1 aromatic rings. The second kappa shape index (κ2) is 9.92. The molecule has 2 aliphatic heterocycles. The van der Waals surface area contributed by atoms with Crippen LogP contribution in [0.3, 0.4) is 0 Å². The van der Waals surface area contributed by atoms with Gasteiger partial charge in [-0.3, -0.25) is 4.57 Å². The minimum atomic E-state index is -0.126. The smallest absolute Gasteiger partial charge is 0.338 e. The maximum Gasteiger partial charge on any atom is 0.345 e. The van der Waals surface area contributed by atoms with Crippen LogP contribution in [0.25, 0.3) is 0 Å². The van der Waals surface area contributed by atoms with Crippen molar-refractivity contribution in [3.05, 3.63) is 16.3 Å². The molecule has 27 heavy (non-hydrogen) atoms. The predicted molar refractivity (Wildman–Crippen MR) is 105 cm³/mol. The number of aryl methyl sites for hydroxylation is 2. The molecule has 2 amide bonds. The van der Waals surface area contributed by atoms with Crippen molar-refractivity contribution in [2.45, 2.75) is 65.0 Å².